The lowest BCUT2D eigenvalue weighted by molar-refractivity contribution is -0.151. The van der Waals surface area contributed by atoms with Crippen LogP contribution in [0.3, 0.4) is 0 Å². The summed E-state index contributed by atoms with van der Waals surface area (Å²) in [5, 5.41) is 3.17. The van der Waals surface area contributed by atoms with Gasteiger partial charge in [0.1, 0.15) is 6.04 Å². The average Bonchev–Trinajstić information content (AvgIpc) is 2.48. The molecule has 0 aromatic carbocycles. The summed E-state index contributed by atoms with van der Waals surface area (Å²) < 4.78 is 4.77. The van der Waals surface area contributed by atoms with Crippen LogP contribution < -0.4 is 5.32 Å². The lowest BCUT2D eigenvalue weighted by atomic mass is 9.71. The molecular formula is C10H17NO2. The van der Waals surface area contributed by atoms with E-state index in [1.165, 1.54) is 26.4 Å². The molecule has 1 aliphatic heterocycles. The highest BCUT2D eigenvalue weighted by atomic mass is 16.5. The van der Waals surface area contributed by atoms with E-state index in [1.54, 1.807) is 0 Å². The van der Waals surface area contributed by atoms with Gasteiger partial charge in [-0.2, -0.15) is 0 Å². The molecule has 1 saturated heterocycles. The van der Waals surface area contributed by atoms with E-state index in [4.69, 9.17) is 4.74 Å². The maximum Gasteiger partial charge on any atom is 0.323 e. The number of methoxy groups -OCH3 is 1. The molecule has 3 atom stereocenters. The quantitative estimate of drug-likeness (QED) is 0.615. The van der Waals surface area contributed by atoms with Crippen LogP contribution in [0, 0.1) is 11.3 Å². The topological polar surface area (TPSA) is 38.3 Å². The fourth-order valence-corrected chi connectivity index (χ4v) is 2.80. The molecule has 1 spiro atoms. The highest BCUT2D eigenvalue weighted by Crippen LogP contribution is 2.48. The molecule has 0 amide bonds. The van der Waals surface area contributed by atoms with Gasteiger partial charge >= 0.3 is 5.97 Å². The van der Waals surface area contributed by atoms with Crippen LogP contribution in [0.25, 0.3) is 0 Å². The normalized spacial score (nSPS) is 43.2. The van der Waals surface area contributed by atoms with Crippen LogP contribution in [0.5, 0.6) is 0 Å². The lowest BCUT2D eigenvalue weighted by Gasteiger charge is -2.46. The van der Waals surface area contributed by atoms with Gasteiger partial charge in [-0.15, -0.1) is 0 Å². The number of esters is 1. The van der Waals surface area contributed by atoms with Crippen molar-refractivity contribution >= 4 is 5.97 Å². The zero-order valence-corrected chi connectivity index (χ0v) is 8.30. The van der Waals surface area contributed by atoms with Gasteiger partial charge in [0.15, 0.2) is 0 Å². The first kappa shape index (κ1) is 9.00. The van der Waals surface area contributed by atoms with Crippen molar-refractivity contribution in [2.45, 2.75) is 32.2 Å². The third kappa shape index (κ3) is 1.26. The molecule has 0 radical (unpaired) electrons. The maximum absolute atomic E-state index is 11.4. The molecule has 1 saturated carbocycles. The Balaban J connectivity index is 2.04. The minimum atomic E-state index is -0.0830. The van der Waals surface area contributed by atoms with Crippen molar-refractivity contribution in [2.24, 2.45) is 11.3 Å². The summed E-state index contributed by atoms with van der Waals surface area (Å²) >= 11 is 0. The SMILES string of the molecule is COC(=O)C1NCC12CCC(C)C2. The van der Waals surface area contributed by atoms with Gasteiger partial charge in [-0.1, -0.05) is 13.3 Å². The van der Waals surface area contributed by atoms with Crippen LogP contribution in [-0.2, 0) is 9.53 Å². The summed E-state index contributed by atoms with van der Waals surface area (Å²) in [5.41, 5.74) is 0.243. The summed E-state index contributed by atoms with van der Waals surface area (Å²) in [6.45, 7) is 3.26. The Labute approximate surface area is 78.8 Å². The lowest BCUT2D eigenvalue weighted by Crippen LogP contribution is -2.65. The second-order valence-corrected chi connectivity index (χ2v) is 4.55. The first-order valence-corrected chi connectivity index (χ1v) is 4.99. The van der Waals surface area contributed by atoms with E-state index in [0.717, 1.165) is 12.5 Å². The monoisotopic (exact) mass is 183 g/mol. The molecule has 0 bridgehead atoms. The van der Waals surface area contributed by atoms with Gasteiger partial charge in [-0.3, -0.25) is 4.79 Å². The molecule has 3 heteroatoms. The highest BCUT2D eigenvalue weighted by molar-refractivity contribution is 5.78. The van der Waals surface area contributed by atoms with Gasteiger partial charge in [0, 0.05) is 12.0 Å². The Kier molecular flexibility index (Phi) is 2.06. The van der Waals surface area contributed by atoms with Gasteiger partial charge in [-0.25, -0.2) is 0 Å². The summed E-state index contributed by atoms with van der Waals surface area (Å²) in [5.74, 6) is 0.689. The van der Waals surface area contributed by atoms with E-state index in [2.05, 4.69) is 12.2 Å². The molecule has 3 nitrogen and oxygen atoms in total. The number of hydrogen-bond donors (Lipinski definition) is 1. The Morgan fingerprint density at radius 1 is 1.62 bits per heavy atom. The van der Waals surface area contributed by atoms with Gasteiger partial charge in [-0.05, 0) is 18.8 Å². The molecule has 3 unspecified atom stereocenters. The highest BCUT2D eigenvalue weighted by Gasteiger charge is 2.53. The van der Waals surface area contributed by atoms with Crippen molar-refractivity contribution in [3.63, 3.8) is 0 Å². The summed E-state index contributed by atoms with van der Waals surface area (Å²) in [6.07, 6.45) is 3.62. The molecule has 0 aromatic rings. The van der Waals surface area contributed by atoms with E-state index < -0.39 is 0 Å². The van der Waals surface area contributed by atoms with Crippen molar-refractivity contribution < 1.29 is 9.53 Å². The molecule has 2 rings (SSSR count). The molecule has 74 valence electrons. The van der Waals surface area contributed by atoms with E-state index in [9.17, 15) is 4.79 Å². The Bertz CT molecular complexity index is 229. The average molecular weight is 183 g/mol. The third-order valence-electron chi connectivity index (χ3n) is 3.60. The van der Waals surface area contributed by atoms with Gasteiger partial charge < -0.3 is 10.1 Å². The Morgan fingerprint density at radius 3 is 2.77 bits per heavy atom. The summed E-state index contributed by atoms with van der Waals surface area (Å²) in [7, 11) is 1.47. The van der Waals surface area contributed by atoms with E-state index in [0.29, 0.717) is 0 Å². The predicted molar refractivity (Wildman–Crippen MR) is 49.3 cm³/mol. The molecule has 2 aliphatic rings. The summed E-state index contributed by atoms with van der Waals surface area (Å²) in [6, 6.07) is -0.0255. The van der Waals surface area contributed by atoms with E-state index >= 15 is 0 Å². The van der Waals surface area contributed by atoms with Crippen LogP contribution in [0.15, 0.2) is 0 Å². The molecule has 1 aliphatic carbocycles. The van der Waals surface area contributed by atoms with Crippen molar-refractivity contribution in [2.75, 3.05) is 13.7 Å². The molecule has 1 heterocycles. The number of hydrogen-bond acceptors (Lipinski definition) is 3. The molecule has 13 heavy (non-hydrogen) atoms. The first-order valence-electron chi connectivity index (χ1n) is 4.99. The zero-order chi connectivity index (χ0) is 9.47. The number of rotatable bonds is 1. The van der Waals surface area contributed by atoms with Gasteiger partial charge in [0.2, 0.25) is 0 Å². The number of carbonyl (C=O) groups excluding carboxylic acids is 1. The Morgan fingerprint density at radius 2 is 2.38 bits per heavy atom. The number of carbonyl (C=O) groups is 1. The second kappa shape index (κ2) is 2.98. The van der Waals surface area contributed by atoms with E-state index in [-0.39, 0.29) is 17.4 Å². The maximum atomic E-state index is 11.4. The minimum Gasteiger partial charge on any atom is -0.468 e. The van der Waals surface area contributed by atoms with Gasteiger partial charge in [0.25, 0.3) is 0 Å². The minimum absolute atomic E-state index is 0.0255. The predicted octanol–water partition coefficient (Wildman–Crippen LogP) is 0.938. The molecule has 0 aromatic heterocycles. The first-order chi connectivity index (χ1) is 6.18. The van der Waals surface area contributed by atoms with E-state index in [1.807, 2.05) is 0 Å². The molecular weight excluding hydrogens is 166 g/mol. The fraction of sp³-hybridized carbons (Fsp3) is 0.900. The standard InChI is InChI=1S/C10H17NO2/c1-7-3-4-10(5-7)6-11-8(10)9(12)13-2/h7-8,11H,3-6H2,1-2H3. The molecule has 2 fully saturated rings. The van der Waals surface area contributed by atoms with Crippen molar-refractivity contribution in [3.8, 4) is 0 Å². The van der Waals surface area contributed by atoms with Crippen LogP contribution in [0.1, 0.15) is 26.2 Å². The fourth-order valence-electron chi connectivity index (χ4n) is 2.80. The second-order valence-electron chi connectivity index (χ2n) is 4.55. The van der Waals surface area contributed by atoms with Crippen LogP contribution in [0.4, 0.5) is 0 Å². The van der Waals surface area contributed by atoms with Crippen LogP contribution in [0.2, 0.25) is 0 Å². The van der Waals surface area contributed by atoms with Crippen molar-refractivity contribution in [1.82, 2.24) is 5.32 Å². The molecule has 1 N–H and O–H groups in total. The van der Waals surface area contributed by atoms with Crippen LogP contribution in [-0.4, -0.2) is 25.7 Å². The van der Waals surface area contributed by atoms with Crippen LogP contribution >= 0.6 is 0 Å². The Hall–Kier alpha value is -0.570. The number of nitrogens with one attached hydrogen (secondary N) is 1. The van der Waals surface area contributed by atoms with Crippen molar-refractivity contribution in [3.05, 3.63) is 0 Å². The third-order valence-corrected chi connectivity index (χ3v) is 3.60. The van der Waals surface area contributed by atoms with Crippen molar-refractivity contribution in [1.29, 1.82) is 0 Å². The summed E-state index contributed by atoms with van der Waals surface area (Å²) in [4.78, 5) is 11.4. The number of ether oxygens (including phenoxy) is 1. The largest absolute Gasteiger partial charge is 0.468 e. The smallest absolute Gasteiger partial charge is 0.323 e. The zero-order valence-electron chi connectivity index (χ0n) is 8.30. The van der Waals surface area contributed by atoms with Gasteiger partial charge in [0.05, 0.1) is 7.11 Å².